The van der Waals surface area contributed by atoms with Crippen molar-refractivity contribution >= 4 is 0 Å². The first kappa shape index (κ1) is 21.4. The Kier molecular flexibility index (Phi) is 7.47. The molecule has 2 aromatic carbocycles. The van der Waals surface area contributed by atoms with E-state index in [1.165, 1.54) is 80.9 Å². The van der Waals surface area contributed by atoms with Gasteiger partial charge >= 0.3 is 0 Å². The van der Waals surface area contributed by atoms with Gasteiger partial charge in [0.05, 0.1) is 0 Å². The Balaban J connectivity index is 1.36. The Morgan fingerprint density at radius 3 is 2.37 bits per heavy atom. The highest BCUT2D eigenvalue weighted by atomic mass is 14.3. The zero-order valence-corrected chi connectivity index (χ0v) is 19.0. The summed E-state index contributed by atoms with van der Waals surface area (Å²) >= 11 is 0. The molecule has 1 atom stereocenters. The molecule has 1 saturated carbocycles. The Morgan fingerprint density at radius 1 is 0.867 bits per heavy atom. The maximum atomic E-state index is 3.83. The number of hydrogen-bond donors (Lipinski definition) is 0. The van der Waals surface area contributed by atoms with Crippen LogP contribution in [0.1, 0.15) is 81.4 Å². The van der Waals surface area contributed by atoms with Crippen molar-refractivity contribution in [3.05, 3.63) is 71.8 Å². The van der Waals surface area contributed by atoms with Crippen LogP contribution in [0, 0.1) is 17.8 Å². The van der Waals surface area contributed by atoms with Crippen LogP contribution in [0.25, 0.3) is 11.1 Å². The minimum Gasteiger partial charge on any atom is -0.103 e. The quantitative estimate of drug-likeness (QED) is 0.389. The number of rotatable bonds is 8. The van der Waals surface area contributed by atoms with Gasteiger partial charge in [-0.3, -0.25) is 0 Å². The van der Waals surface area contributed by atoms with E-state index in [2.05, 4.69) is 56.0 Å². The summed E-state index contributed by atoms with van der Waals surface area (Å²) in [4.78, 5) is 0. The summed E-state index contributed by atoms with van der Waals surface area (Å²) in [6.07, 6.45) is 18.4. The second-order valence-electron chi connectivity index (χ2n) is 9.93. The molecule has 0 heteroatoms. The molecule has 1 unspecified atom stereocenters. The number of fused-ring (bicyclic) bond motifs is 1. The van der Waals surface area contributed by atoms with Gasteiger partial charge in [0.15, 0.2) is 0 Å². The highest BCUT2D eigenvalue weighted by Gasteiger charge is 2.30. The van der Waals surface area contributed by atoms with E-state index < -0.39 is 0 Å². The zero-order valence-electron chi connectivity index (χ0n) is 19.0. The molecule has 1 fully saturated rings. The minimum absolute atomic E-state index is 0.930. The molecule has 2 aliphatic carbocycles. The Bertz CT molecular complexity index is 804. The summed E-state index contributed by atoms with van der Waals surface area (Å²) in [5, 5.41) is 0. The van der Waals surface area contributed by atoms with Gasteiger partial charge in [-0.15, -0.1) is 6.58 Å². The largest absolute Gasteiger partial charge is 0.103 e. The standard InChI is InChI=1S/C30H40/c1-3-5-7-23-9-13-25(14-10-23)27-17-19-30-22-28(18-20-29(30)21-27)26-15-11-24(12-16-26)8-6-4-2/h3,9-10,13-14,17,19,21,24,26,28H,1,4-8,11-12,15-16,18,20,22H2,2H3. The van der Waals surface area contributed by atoms with E-state index >= 15 is 0 Å². The third-order valence-electron chi connectivity index (χ3n) is 7.92. The molecular formula is C30H40. The molecular weight excluding hydrogens is 360 g/mol. The van der Waals surface area contributed by atoms with Crippen molar-refractivity contribution in [1.29, 1.82) is 0 Å². The number of allylic oxidation sites excluding steroid dienone is 1. The molecule has 0 saturated heterocycles. The van der Waals surface area contributed by atoms with E-state index in [-0.39, 0.29) is 0 Å². The lowest BCUT2D eigenvalue weighted by Crippen LogP contribution is -2.26. The molecule has 0 bridgehead atoms. The highest BCUT2D eigenvalue weighted by Crippen LogP contribution is 2.41. The molecule has 0 aliphatic heterocycles. The third kappa shape index (κ3) is 5.26. The van der Waals surface area contributed by atoms with Gasteiger partial charge in [-0.25, -0.2) is 0 Å². The molecule has 2 aliphatic rings. The molecule has 0 nitrogen and oxygen atoms in total. The van der Waals surface area contributed by atoms with E-state index in [0.29, 0.717) is 0 Å². The molecule has 0 heterocycles. The molecule has 0 N–H and O–H groups in total. The van der Waals surface area contributed by atoms with Crippen LogP contribution in [0.2, 0.25) is 0 Å². The summed E-state index contributed by atoms with van der Waals surface area (Å²) in [5.41, 5.74) is 7.39. The molecule has 0 aromatic heterocycles. The van der Waals surface area contributed by atoms with Crippen LogP contribution in [-0.2, 0) is 19.3 Å². The van der Waals surface area contributed by atoms with Gasteiger partial charge in [-0.05, 0) is 90.5 Å². The SMILES string of the molecule is C=CCCc1ccc(-c2ccc3c(c2)CCC(C2CCC(CCCC)CC2)C3)cc1. The van der Waals surface area contributed by atoms with Gasteiger partial charge in [0.25, 0.3) is 0 Å². The third-order valence-corrected chi connectivity index (χ3v) is 7.92. The van der Waals surface area contributed by atoms with Gasteiger partial charge < -0.3 is 0 Å². The number of aryl methyl sites for hydroxylation is 2. The lowest BCUT2D eigenvalue weighted by atomic mass is 9.69. The fourth-order valence-corrected chi connectivity index (χ4v) is 5.94. The summed E-state index contributed by atoms with van der Waals surface area (Å²) in [6, 6.07) is 16.4. The number of benzene rings is 2. The van der Waals surface area contributed by atoms with Crippen LogP contribution >= 0.6 is 0 Å². The maximum absolute atomic E-state index is 3.83. The van der Waals surface area contributed by atoms with E-state index in [4.69, 9.17) is 0 Å². The average Bonchev–Trinajstić information content (AvgIpc) is 2.81. The Labute approximate surface area is 184 Å². The summed E-state index contributed by atoms with van der Waals surface area (Å²) in [5.74, 6) is 2.95. The van der Waals surface area contributed by atoms with Gasteiger partial charge in [-0.2, -0.15) is 0 Å². The van der Waals surface area contributed by atoms with E-state index in [0.717, 1.165) is 30.6 Å². The van der Waals surface area contributed by atoms with Gasteiger partial charge in [0.1, 0.15) is 0 Å². The Morgan fingerprint density at radius 2 is 1.63 bits per heavy atom. The van der Waals surface area contributed by atoms with E-state index in [1.807, 2.05) is 6.08 Å². The van der Waals surface area contributed by atoms with Crippen molar-refractivity contribution in [1.82, 2.24) is 0 Å². The van der Waals surface area contributed by atoms with Crippen LogP contribution < -0.4 is 0 Å². The smallest absolute Gasteiger partial charge is 0.0181 e. The fourth-order valence-electron chi connectivity index (χ4n) is 5.94. The lowest BCUT2D eigenvalue weighted by Gasteiger charge is -2.36. The van der Waals surface area contributed by atoms with Crippen LogP contribution in [-0.4, -0.2) is 0 Å². The molecule has 0 spiro atoms. The molecule has 2 aromatic rings. The monoisotopic (exact) mass is 400 g/mol. The normalized spacial score (nSPS) is 23.7. The van der Waals surface area contributed by atoms with Crippen molar-refractivity contribution in [3.63, 3.8) is 0 Å². The molecule has 4 rings (SSSR count). The van der Waals surface area contributed by atoms with Crippen molar-refractivity contribution in [2.75, 3.05) is 0 Å². The maximum Gasteiger partial charge on any atom is -0.0181 e. The minimum atomic E-state index is 0.930. The first-order chi connectivity index (χ1) is 14.8. The van der Waals surface area contributed by atoms with Gasteiger partial charge in [-0.1, -0.05) is 87.6 Å². The second-order valence-corrected chi connectivity index (χ2v) is 9.93. The number of unbranched alkanes of at least 4 members (excludes halogenated alkanes) is 1. The fraction of sp³-hybridized carbons (Fsp3) is 0.533. The zero-order chi connectivity index (χ0) is 20.8. The summed E-state index contributed by atoms with van der Waals surface area (Å²) < 4.78 is 0. The first-order valence-electron chi connectivity index (χ1n) is 12.6. The van der Waals surface area contributed by atoms with E-state index in [1.54, 1.807) is 11.1 Å². The highest BCUT2D eigenvalue weighted by molar-refractivity contribution is 5.65. The molecule has 30 heavy (non-hydrogen) atoms. The van der Waals surface area contributed by atoms with Crippen molar-refractivity contribution in [3.8, 4) is 11.1 Å². The predicted octanol–water partition coefficient (Wildman–Crippen LogP) is 8.57. The van der Waals surface area contributed by atoms with Crippen LogP contribution in [0.5, 0.6) is 0 Å². The molecule has 0 radical (unpaired) electrons. The van der Waals surface area contributed by atoms with Gasteiger partial charge in [0, 0.05) is 0 Å². The first-order valence-corrected chi connectivity index (χ1v) is 12.6. The van der Waals surface area contributed by atoms with Crippen molar-refractivity contribution in [2.24, 2.45) is 17.8 Å². The second kappa shape index (κ2) is 10.5. The summed E-state index contributed by atoms with van der Waals surface area (Å²) in [7, 11) is 0. The lowest BCUT2D eigenvalue weighted by molar-refractivity contribution is 0.183. The van der Waals surface area contributed by atoms with Crippen LogP contribution in [0.4, 0.5) is 0 Å². The summed E-state index contributed by atoms with van der Waals surface area (Å²) in [6.45, 7) is 6.16. The topological polar surface area (TPSA) is 0 Å². The average molecular weight is 401 g/mol. The van der Waals surface area contributed by atoms with E-state index in [9.17, 15) is 0 Å². The number of hydrogen-bond acceptors (Lipinski definition) is 0. The molecule has 0 amide bonds. The van der Waals surface area contributed by atoms with Gasteiger partial charge in [0.2, 0.25) is 0 Å². The Hall–Kier alpha value is -1.82. The predicted molar refractivity (Wildman–Crippen MR) is 131 cm³/mol. The van der Waals surface area contributed by atoms with Crippen molar-refractivity contribution in [2.45, 2.75) is 84.0 Å². The molecule has 160 valence electrons. The van der Waals surface area contributed by atoms with Crippen LogP contribution in [0.3, 0.4) is 0 Å². The van der Waals surface area contributed by atoms with Crippen LogP contribution in [0.15, 0.2) is 55.1 Å². The van der Waals surface area contributed by atoms with Crippen molar-refractivity contribution < 1.29 is 0 Å².